The summed E-state index contributed by atoms with van der Waals surface area (Å²) in [5.41, 5.74) is 3.54. The van der Waals surface area contributed by atoms with E-state index in [4.69, 9.17) is 16.3 Å². The summed E-state index contributed by atoms with van der Waals surface area (Å²) in [6, 6.07) is 10.4. The zero-order valence-corrected chi connectivity index (χ0v) is 11.4. The molecule has 1 aliphatic carbocycles. The summed E-state index contributed by atoms with van der Waals surface area (Å²) < 4.78 is 5.30. The smallest absolute Gasteiger partial charge is 0.152 e. The second kappa shape index (κ2) is 5.10. The average molecular weight is 275 g/mol. The maximum absolute atomic E-state index is 6.09. The van der Waals surface area contributed by atoms with Gasteiger partial charge in [0.25, 0.3) is 0 Å². The molecule has 3 nitrogen and oxygen atoms in total. The van der Waals surface area contributed by atoms with Gasteiger partial charge in [-0.05, 0) is 48.2 Å². The summed E-state index contributed by atoms with van der Waals surface area (Å²) >= 11 is 6.09. The van der Waals surface area contributed by atoms with Crippen LogP contribution < -0.4 is 10.1 Å². The van der Waals surface area contributed by atoms with Crippen molar-refractivity contribution in [3.05, 3.63) is 52.8 Å². The monoisotopic (exact) mass is 274 g/mol. The lowest BCUT2D eigenvalue weighted by atomic mass is 10.1. The summed E-state index contributed by atoms with van der Waals surface area (Å²) in [4.78, 5) is 4.09. The van der Waals surface area contributed by atoms with Crippen LogP contribution in [0.4, 0.5) is 5.69 Å². The van der Waals surface area contributed by atoms with Crippen LogP contribution in [0.2, 0.25) is 5.15 Å². The Kier molecular flexibility index (Phi) is 3.30. The van der Waals surface area contributed by atoms with Gasteiger partial charge in [0.1, 0.15) is 5.75 Å². The molecule has 1 aliphatic rings. The molecule has 0 radical (unpaired) electrons. The number of ether oxygens (including phenoxy) is 1. The second-order valence-corrected chi connectivity index (χ2v) is 5.00. The molecule has 1 aromatic heterocycles. The number of nitrogens with one attached hydrogen (secondary N) is 1. The van der Waals surface area contributed by atoms with Gasteiger partial charge in [0.2, 0.25) is 0 Å². The van der Waals surface area contributed by atoms with Gasteiger partial charge >= 0.3 is 0 Å². The standard InChI is InChI=1S/C15H15ClN2O/c1-19-11-6-4-10-5-7-13(12(10)9-11)18-14-3-2-8-17-15(14)16/h2-4,6,8-9,13,18H,5,7H2,1H3. The third-order valence-corrected chi connectivity index (χ3v) is 3.82. The van der Waals surface area contributed by atoms with Crippen molar-refractivity contribution >= 4 is 17.3 Å². The van der Waals surface area contributed by atoms with Crippen LogP contribution in [-0.2, 0) is 6.42 Å². The van der Waals surface area contributed by atoms with Gasteiger partial charge in [-0.25, -0.2) is 4.98 Å². The zero-order valence-electron chi connectivity index (χ0n) is 10.7. The van der Waals surface area contributed by atoms with Crippen LogP contribution >= 0.6 is 11.6 Å². The van der Waals surface area contributed by atoms with E-state index in [1.807, 2.05) is 18.2 Å². The van der Waals surface area contributed by atoms with E-state index in [1.54, 1.807) is 13.3 Å². The molecule has 0 saturated carbocycles. The van der Waals surface area contributed by atoms with Gasteiger partial charge in [-0.2, -0.15) is 0 Å². The highest BCUT2D eigenvalue weighted by atomic mass is 35.5. The molecule has 0 spiro atoms. The third kappa shape index (κ3) is 2.38. The fourth-order valence-corrected chi connectivity index (χ4v) is 2.71. The number of anilines is 1. The number of hydrogen-bond donors (Lipinski definition) is 1. The van der Waals surface area contributed by atoms with Crippen molar-refractivity contribution < 1.29 is 4.74 Å². The van der Waals surface area contributed by atoms with Crippen LogP contribution in [-0.4, -0.2) is 12.1 Å². The fourth-order valence-electron chi connectivity index (χ4n) is 2.54. The molecule has 1 unspecified atom stereocenters. The zero-order chi connectivity index (χ0) is 13.2. The Morgan fingerprint density at radius 3 is 3.05 bits per heavy atom. The lowest BCUT2D eigenvalue weighted by Crippen LogP contribution is -2.08. The number of aromatic nitrogens is 1. The number of pyridine rings is 1. The van der Waals surface area contributed by atoms with Crippen molar-refractivity contribution in [2.75, 3.05) is 12.4 Å². The second-order valence-electron chi connectivity index (χ2n) is 4.64. The Balaban J connectivity index is 1.88. The van der Waals surface area contributed by atoms with Crippen LogP contribution in [0, 0.1) is 0 Å². The number of nitrogens with zero attached hydrogens (tertiary/aromatic N) is 1. The predicted octanol–water partition coefficient (Wildman–Crippen LogP) is 3.84. The van der Waals surface area contributed by atoms with Gasteiger partial charge in [0, 0.05) is 6.20 Å². The van der Waals surface area contributed by atoms with Crippen LogP contribution in [0.5, 0.6) is 5.75 Å². The summed E-state index contributed by atoms with van der Waals surface area (Å²) in [7, 11) is 1.69. The maximum Gasteiger partial charge on any atom is 0.152 e. The van der Waals surface area contributed by atoms with Gasteiger partial charge in [-0.1, -0.05) is 17.7 Å². The molecule has 0 amide bonds. The minimum Gasteiger partial charge on any atom is -0.497 e. The van der Waals surface area contributed by atoms with Crippen molar-refractivity contribution in [3.8, 4) is 5.75 Å². The first-order valence-electron chi connectivity index (χ1n) is 6.32. The first-order valence-corrected chi connectivity index (χ1v) is 6.69. The Bertz CT molecular complexity index is 600. The summed E-state index contributed by atoms with van der Waals surface area (Å²) in [6.45, 7) is 0. The number of halogens is 1. The lowest BCUT2D eigenvalue weighted by molar-refractivity contribution is 0.414. The molecular weight excluding hydrogens is 260 g/mol. The largest absolute Gasteiger partial charge is 0.497 e. The van der Waals surface area contributed by atoms with Gasteiger partial charge in [-0.3, -0.25) is 0 Å². The lowest BCUT2D eigenvalue weighted by Gasteiger charge is -2.16. The topological polar surface area (TPSA) is 34.1 Å². The van der Waals surface area contributed by atoms with Crippen molar-refractivity contribution in [2.24, 2.45) is 0 Å². The quantitative estimate of drug-likeness (QED) is 0.864. The number of aryl methyl sites for hydroxylation is 1. The number of fused-ring (bicyclic) bond motifs is 1. The summed E-state index contributed by atoms with van der Waals surface area (Å²) in [5, 5.41) is 3.98. The molecule has 1 aromatic carbocycles. The van der Waals surface area contributed by atoms with Crippen molar-refractivity contribution in [2.45, 2.75) is 18.9 Å². The van der Waals surface area contributed by atoms with Crippen LogP contribution in [0.1, 0.15) is 23.6 Å². The third-order valence-electron chi connectivity index (χ3n) is 3.52. The molecule has 0 fully saturated rings. The Morgan fingerprint density at radius 1 is 1.37 bits per heavy atom. The highest BCUT2D eigenvalue weighted by molar-refractivity contribution is 6.31. The Labute approximate surface area is 117 Å². The van der Waals surface area contributed by atoms with Gasteiger partial charge < -0.3 is 10.1 Å². The molecule has 1 N–H and O–H groups in total. The van der Waals surface area contributed by atoms with Crippen LogP contribution in [0.15, 0.2) is 36.5 Å². The molecule has 4 heteroatoms. The molecule has 1 atom stereocenters. The van der Waals surface area contributed by atoms with E-state index in [0.29, 0.717) is 5.15 Å². The molecule has 0 bridgehead atoms. The normalized spacial score (nSPS) is 17.1. The molecule has 3 rings (SSSR count). The molecule has 1 heterocycles. The van der Waals surface area contributed by atoms with Gasteiger partial charge in [0.15, 0.2) is 5.15 Å². The molecular formula is C15H15ClN2O. The first kappa shape index (κ1) is 12.3. The Morgan fingerprint density at radius 2 is 2.26 bits per heavy atom. The van der Waals surface area contributed by atoms with Gasteiger partial charge in [-0.15, -0.1) is 0 Å². The molecule has 0 saturated heterocycles. The van der Waals surface area contributed by atoms with Gasteiger partial charge in [0.05, 0.1) is 18.8 Å². The SMILES string of the molecule is COc1ccc2c(c1)C(Nc1cccnc1Cl)CC2. The minimum absolute atomic E-state index is 0.270. The van der Waals surface area contributed by atoms with E-state index in [2.05, 4.69) is 22.4 Å². The molecule has 98 valence electrons. The maximum atomic E-state index is 6.09. The summed E-state index contributed by atoms with van der Waals surface area (Å²) in [6.07, 6.45) is 3.84. The van der Waals surface area contributed by atoms with E-state index in [0.717, 1.165) is 24.3 Å². The fraction of sp³-hybridized carbons (Fsp3) is 0.267. The van der Waals surface area contributed by atoms with Crippen molar-refractivity contribution in [1.82, 2.24) is 4.98 Å². The molecule has 2 aromatic rings. The van der Waals surface area contributed by atoms with Crippen molar-refractivity contribution in [1.29, 1.82) is 0 Å². The average Bonchev–Trinajstić information content (AvgIpc) is 2.84. The number of hydrogen-bond acceptors (Lipinski definition) is 3. The van der Waals surface area contributed by atoms with E-state index in [-0.39, 0.29) is 6.04 Å². The highest BCUT2D eigenvalue weighted by Crippen LogP contribution is 2.36. The predicted molar refractivity (Wildman–Crippen MR) is 76.9 cm³/mol. The highest BCUT2D eigenvalue weighted by Gasteiger charge is 2.23. The van der Waals surface area contributed by atoms with E-state index in [1.165, 1.54) is 11.1 Å². The Hall–Kier alpha value is -1.74. The van der Waals surface area contributed by atoms with E-state index >= 15 is 0 Å². The minimum atomic E-state index is 0.270. The van der Waals surface area contributed by atoms with E-state index in [9.17, 15) is 0 Å². The number of methoxy groups -OCH3 is 1. The number of rotatable bonds is 3. The van der Waals surface area contributed by atoms with Crippen LogP contribution in [0.3, 0.4) is 0 Å². The van der Waals surface area contributed by atoms with Crippen LogP contribution in [0.25, 0.3) is 0 Å². The van der Waals surface area contributed by atoms with Crippen molar-refractivity contribution in [3.63, 3.8) is 0 Å². The molecule has 19 heavy (non-hydrogen) atoms. The number of benzene rings is 1. The first-order chi connectivity index (χ1) is 9.28. The molecule has 0 aliphatic heterocycles. The summed E-state index contributed by atoms with van der Waals surface area (Å²) in [5.74, 6) is 0.893. The van der Waals surface area contributed by atoms with E-state index < -0.39 is 0 Å².